The summed E-state index contributed by atoms with van der Waals surface area (Å²) in [5.41, 5.74) is 3.23. The summed E-state index contributed by atoms with van der Waals surface area (Å²) in [6, 6.07) is 9.28. The molecule has 0 atom stereocenters. The van der Waals surface area contributed by atoms with Gasteiger partial charge < -0.3 is 29.2 Å². The van der Waals surface area contributed by atoms with Crippen LogP contribution in [0.15, 0.2) is 30.3 Å². The van der Waals surface area contributed by atoms with Crippen molar-refractivity contribution < 1.29 is 23.7 Å². The van der Waals surface area contributed by atoms with E-state index in [-0.39, 0.29) is 19.3 Å². The fourth-order valence-corrected chi connectivity index (χ4v) is 3.69. The van der Waals surface area contributed by atoms with Gasteiger partial charge in [0.05, 0.1) is 7.11 Å². The number of carbonyl (C=O) groups excluding carboxylic acids is 1. The van der Waals surface area contributed by atoms with Gasteiger partial charge in [-0.2, -0.15) is 0 Å². The molecule has 2 aliphatic rings. The van der Waals surface area contributed by atoms with Crippen LogP contribution in [0.25, 0.3) is 0 Å². The number of amides is 1. The first-order valence-corrected chi connectivity index (χ1v) is 9.30. The Morgan fingerprint density at radius 3 is 2.75 bits per heavy atom. The molecule has 2 aromatic rings. The molecule has 0 bridgehead atoms. The maximum absolute atomic E-state index is 12.3. The van der Waals surface area contributed by atoms with E-state index in [0.717, 1.165) is 36.4 Å². The molecular formula is C21H24N2O5. The Hall–Kier alpha value is -2.93. The van der Waals surface area contributed by atoms with Crippen molar-refractivity contribution in [2.45, 2.75) is 19.5 Å². The molecule has 4 rings (SSSR count). The molecule has 0 aromatic heterocycles. The first-order chi connectivity index (χ1) is 13.7. The summed E-state index contributed by atoms with van der Waals surface area (Å²) in [7, 11) is 3.73. The first-order valence-electron chi connectivity index (χ1n) is 9.30. The van der Waals surface area contributed by atoms with Gasteiger partial charge in [0, 0.05) is 30.8 Å². The number of ether oxygens (including phenoxy) is 4. The van der Waals surface area contributed by atoms with Crippen LogP contribution in [0.1, 0.15) is 16.7 Å². The Morgan fingerprint density at radius 1 is 1.18 bits per heavy atom. The van der Waals surface area contributed by atoms with Gasteiger partial charge in [-0.25, -0.2) is 0 Å². The van der Waals surface area contributed by atoms with Crippen LogP contribution in [0.5, 0.6) is 23.0 Å². The topological polar surface area (TPSA) is 69.3 Å². The van der Waals surface area contributed by atoms with Crippen molar-refractivity contribution in [3.8, 4) is 23.0 Å². The van der Waals surface area contributed by atoms with Gasteiger partial charge in [0.25, 0.3) is 5.91 Å². The quantitative estimate of drug-likeness (QED) is 0.823. The molecule has 1 N–H and O–H groups in total. The SMILES string of the molecule is COc1c2c(c(CNC(=O)COc3ccccc3)c3c1OCO3)CCN(C)C2. The van der Waals surface area contributed by atoms with Crippen molar-refractivity contribution >= 4 is 5.91 Å². The number of para-hydroxylation sites is 1. The Bertz CT molecular complexity index is 869. The lowest BCUT2D eigenvalue weighted by Gasteiger charge is -2.29. The Morgan fingerprint density at radius 2 is 1.96 bits per heavy atom. The zero-order valence-corrected chi connectivity index (χ0v) is 16.1. The smallest absolute Gasteiger partial charge is 0.258 e. The van der Waals surface area contributed by atoms with Gasteiger partial charge in [0.2, 0.25) is 12.5 Å². The lowest BCUT2D eigenvalue weighted by molar-refractivity contribution is -0.123. The van der Waals surface area contributed by atoms with E-state index in [4.69, 9.17) is 18.9 Å². The maximum Gasteiger partial charge on any atom is 0.258 e. The normalized spacial score (nSPS) is 15.1. The van der Waals surface area contributed by atoms with Gasteiger partial charge >= 0.3 is 0 Å². The van der Waals surface area contributed by atoms with Gasteiger partial charge in [-0.05, 0) is 31.2 Å². The largest absolute Gasteiger partial charge is 0.492 e. The van der Waals surface area contributed by atoms with E-state index in [2.05, 4.69) is 17.3 Å². The van der Waals surface area contributed by atoms with Crippen LogP contribution in [0.3, 0.4) is 0 Å². The Kier molecular flexibility index (Phi) is 5.25. The number of hydrogen-bond donors (Lipinski definition) is 1. The highest BCUT2D eigenvalue weighted by atomic mass is 16.7. The fraction of sp³-hybridized carbons (Fsp3) is 0.381. The van der Waals surface area contributed by atoms with Crippen molar-refractivity contribution in [3.63, 3.8) is 0 Å². The minimum atomic E-state index is -0.186. The molecule has 7 nitrogen and oxygen atoms in total. The maximum atomic E-state index is 12.3. The molecule has 7 heteroatoms. The predicted molar refractivity (Wildman–Crippen MR) is 103 cm³/mol. The number of nitrogens with zero attached hydrogens (tertiary/aromatic N) is 1. The third kappa shape index (κ3) is 3.57. The van der Waals surface area contributed by atoms with Crippen molar-refractivity contribution in [3.05, 3.63) is 47.0 Å². The average molecular weight is 384 g/mol. The number of carbonyl (C=O) groups is 1. The average Bonchev–Trinajstić information content (AvgIpc) is 3.19. The Balaban J connectivity index is 1.52. The van der Waals surface area contributed by atoms with Gasteiger partial charge in [0.1, 0.15) is 5.75 Å². The second-order valence-corrected chi connectivity index (χ2v) is 6.90. The van der Waals surface area contributed by atoms with E-state index in [1.165, 1.54) is 5.56 Å². The number of benzene rings is 2. The molecule has 0 saturated carbocycles. The van der Waals surface area contributed by atoms with Crippen LogP contribution in [0.2, 0.25) is 0 Å². The summed E-state index contributed by atoms with van der Waals surface area (Å²) in [5, 5.41) is 2.94. The standard InChI is InChI=1S/C21H24N2O5/c1-23-9-8-15-16(10-22-18(24)12-26-14-6-4-3-5-7-14)20-21(28-13-27-20)19(25-2)17(15)11-23/h3-7H,8-13H2,1-2H3,(H,22,24). The van der Waals surface area contributed by atoms with Gasteiger partial charge in [-0.1, -0.05) is 18.2 Å². The van der Waals surface area contributed by atoms with Crippen molar-refractivity contribution in [2.24, 2.45) is 0 Å². The number of fused-ring (bicyclic) bond motifs is 2. The zero-order chi connectivity index (χ0) is 19.5. The van der Waals surface area contributed by atoms with Crippen LogP contribution in [0, 0.1) is 0 Å². The van der Waals surface area contributed by atoms with Gasteiger partial charge in [-0.15, -0.1) is 0 Å². The van der Waals surface area contributed by atoms with Gasteiger partial charge in [-0.3, -0.25) is 4.79 Å². The van der Waals surface area contributed by atoms with Gasteiger partial charge in [0.15, 0.2) is 18.1 Å². The minimum Gasteiger partial charge on any atom is -0.492 e. The third-order valence-corrected chi connectivity index (χ3v) is 5.05. The fourth-order valence-electron chi connectivity index (χ4n) is 3.69. The molecule has 0 unspecified atom stereocenters. The van der Waals surface area contributed by atoms with Crippen LogP contribution < -0.4 is 24.3 Å². The minimum absolute atomic E-state index is 0.0371. The summed E-state index contributed by atoms with van der Waals surface area (Å²) in [6.07, 6.45) is 0.866. The van der Waals surface area contributed by atoms with Crippen LogP contribution in [-0.2, 0) is 24.3 Å². The summed E-state index contributed by atoms with van der Waals surface area (Å²) < 4.78 is 22.6. The molecule has 0 aliphatic carbocycles. The van der Waals surface area contributed by atoms with E-state index < -0.39 is 0 Å². The summed E-state index contributed by atoms with van der Waals surface area (Å²) in [5.74, 6) is 2.51. The molecule has 148 valence electrons. The van der Waals surface area contributed by atoms with Crippen molar-refractivity contribution in [1.82, 2.24) is 10.2 Å². The lowest BCUT2D eigenvalue weighted by Crippen LogP contribution is -2.31. The highest BCUT2D eigenvalue weighted by molar-refractivity contribution is 5.78. The molecule has 28 heavy (non-hydrogen) atoms. The van der Waals surface area contributed by atoms with E-state index >= 15 is 0 Å². The van der Waals surface area contributed by atoms with Crippen LogP contribution >= 0.6 is 0 Å². The molecule has 0 saturated heterocycles. The highest BCUT2D eigenvalue weighted by Gasteiger charge is 2.32. The summed E-state index contributed by atoms with van der Waals surface area (Å²) in [4.78, 5) is 14.5. The number of hydrogen-bond acceptors (Lipinski definition) is 6. The van der Waals surface area contributed by atoms with Crippen molar-refractivity contribution in [2.75, 3.05) is 34.1 Å². The second kappa shape index (κ2) is 7.98. The Labute approximate surface area is 164 Å². The predicted octanol–water partition coefficient (Wildman–Crippen LogP) is 2.11. The van der Waals surface area contributed by atoms with Crippen LogP contribution in [-0.4, -0.2) is 44.9 Å². The van der Waals surface area contributed by atoms with E-state index in [9.17, 15) is 4.79 Å². The first kappa shape index (κ1) is 18.4. The number of nitrogens with one attached hydrogen (secondary N) is 1. The summed E-state index contributed by atoms with van der Waals surface area (Å²) >= 11 is 0. The molecule has 2 aliphatic heterocycles. The molecule has 0 fully saturated rings. The molecule has 1 amide bonds. The van der Waals surface area contributed by atoms with E-state index in [0.29, 0.717) is 23.8 Å². The highest BCUT2D eigenvalue weighted by Crippen LogP contribution is 2.49. The van der Waals surface area contributed by atoms with Crippen molar-refractivity contribution in [1.29, 1.82) is 0 Å². The third-order valence-electron chi connectivity index (χ3n) is 5.05. The molecule has 2 heterocycles. The molecule has 0 radical (unpaired) electrons. The van der Waals surface area contributed by atoms with E-state index in [1.54, 1.807) is 7.11 Å². The number of likely N-dealkylation sites (N-methyl/N-ethyl adjacent to an activating group) is 1. The lowest BCUT2D eigenvalue weighted by atomic mass is 9.92. The number of rotatable bonds is 6. The molecule has 2 aromatic carbocycles. The zero-order valence-electron chi connectivity index (χ0n) is 16.1. The molecular weight excluding hydrogens is 360 g/mol. The summed E-state index contributed by atoms with van der Waals surface area (Å²) in [6.45, 7) is 2.19. The van der Waals surface area contributed by atoms with Crippen LogP contribution in [0.4, 0.5) is 0 Å². The monoisotopic (exact) mass is 384 g/mol. The second-order valence-electron chi connectivity index (χ2n) is 6.90. The molecule has 0 spiro atoms. The van der Waals surface area contributed by atoms with E-state index in [1.807, 2.05) is 30.3 Å². The number of methoxy groups -OCH3 is 1.